The molecular formula is C16H19N5O4. The summed E-state index contributed by atoms with van der Waals surface area (Å²) in [7, 11) is 0. The molecule has 0 saturated carbocycles. The van der Waals surface area contributed by atoms with Crippen LogP contribution in [-0.2, 0) is 22.7 Å². The summed E-state index contributed by atoms with van der Waals surface area (Å²) in [6, 6.07) is 8.41. The number of amides is 2. The van der Waals surface area contributed by atoms with Crippen molar-refractivity contribution in [2.75, 3.05) is 11.9 Å². The Morgan fingerprint density at radius 1 is 1.36 bits per heavy atom. The van der Waals surface area contributed by atoms with Crippen LogP contribution < -0.4 is 5.32 Å². The van der Waals surface area contributed by atoms with E-state index in [0.29, 0.717) is 18.8 Å². The van der Waals surface area contributed by atoms with Crippen LogP contribution in [0.15, 0.2) is 36.5 Å². The number of nitro groups is 1. The smallest absolute Gasteiger partial charge is 0.358 e. The fraction of sp³-hybridized carbons (Fsp3) is 0.312. The highest BCUT2D eigenvalue weighted by molar-refractivity contribution is 5.90. The molecule has 0 bridgehead atoms. The van der Waals surface area contributed by atoms with Gasteiger partial charge in [-0.05, 0) is 29.5 Å². The van der Waals surface area contributed by atoms with Crippen LogP contribution in [0.5, 0.6) is 0 Å². The first-order valence-electron chi connectivity index (χ1n) is 7.71. The number of carbonyl (C=O) groups is 2. The van der Waals surface area contributed by atoms with Crippen LogP contribution >= 0.6 is 0 Å². The molecular weight excluding hydrogens is 326 g/mol. The van der Waals surface area contributed by atoms with Crippen molar-refractivity contribution < 1.29 is 14.5 Å². The molecule has 0 spiro atoms. The normalized spacial score (nSPS) is 10.3. The van der Waals surface area contributed by atoms with E-state index < -0.39 is 4.92 Å². The first-order chi connectivity index (χ1) is 11.9. The second kappa shape index (κ2) is 8.04. The number of nitrogens with one attached hydrogen (secondary N) is 1. The van der Waals surface area contributed by atoms with Crippen molar-refractivity contribution in [2.45, 2.75) is 26.9 Å². The molecule has 0 aliphatic rings. The second-order valence-electron chi connectivity index (χ2n) is 5.41. The highest BCUT2D eigenvalue weighted by Gasteiger charge is 2.14. The van der Waals surface area contributed by atoms with Gasteiger partial charge in [0.2, 0.25) is 11.8 Å². The fourth-order valence-corrected chi connectivity index (χ4v) is 2.30. The molecule has 0 atom stereocenters. The number of hydrogen-bond donors (Lipinski definition) is 1. The lowest BCUT2D eigenvalue weighted by molar-refractivity contribution is -0.389. The molecule has 1 N–H and O–H groups in total. The van der Waals surface area contributed by atoms with E-state index in [4.69, 9.17) is 0 Å². The van der Waals surface area contributed by atoms with Crippen LogP contribution in [0, 0.1) is 10.1 Å². The summed E-state index contributed by atoms with van der Waals surface area (Å²) >= 11 is 0. The Kier molecular flexibility index (Phi) is 5.83. The average molecular weight is 345 g/mol. The third-order valence-corrected chi connectivity index (χ3v) is 3.53. The van der Waals surface area contributed by atoms with E-state index in [1.54, 1.807) is 23.1 Å². The van der Waals surface area contributed by atoms with E-state index in [0.717, 1.165) is 5.56 Å². The molecule has 0 aliphatic carbocycles. The van der Waals surface area contributed by atoms with Gasteiger partial charge in [0, 0.05) is 25.7 Å². The van der Waals surface area contributed by atoms with Crippen molar-refractivity contribution in [3.05, 3.63) is 52.2 Å². The number of rotatable bonds is 7. The second-order valence-corrected chi connectivity index (χ2v) is 5.41. The van der Waals surface area contributed by atoms with Crippen LogP contribution in [0.25, 0.3) is 0 Å². The van der Waals surface area contributed by atoms with Gasteiger partial charge in [-0.2, -0.15) is 4.68 Å². The molecule has 132 valence electrons. The Balaban J connectivity index is 1.99. The molecule has 9 nitrogen and oxygen atoms in total. The number of carbonyl (C=O) groups excluding carboxylic acids is 2. The number of nitrogens with zero attached hydrogens (tertiary/aromatic N) is 4. The number of benzene rings is 1. The highest BCUT2D eigenvalue weighted by Crippen LogP contribution is 2.13. The van der Waals surface area contributed by atoms with E-state index in [-0.39, 0.29) is 24.2 Å². The largest absolute Gasteiger partial charge is 0.389 e. The van der Waals surface area contributed by atoms with Gasteiger partial charge in [0.25, 0.3) is 0 Å². The minimum Gasteiger partial charge on any atom is -0.358 e. The zero-order valence-electron chi connectivity index (χ0n) is 14.0. The van der Waals surface area contributed by atoms with Crippen molar-refractivity contribution in [2.24, 2.45) is 0 Å². The third kappa shape index (κ3) is 5.13. The molecule has 0 unspecified atom stereocenters. The maximum Gasteiger partial charge on any atom is 0.389 e. The Hall–Kier alpha value is -3.23. The molecule has 2 rings (SSSR count). The van der Waals surface area contributed by atoms with Crippen LogP contribution in [0.4, 0.5) is 11.5 Å². The van der Waals surface area contributed by atoms with Gasteiger partial charge in [-0.25, -0.2) is 0 Å². The number of hydrogen-bond acceptors (Lipinski definition) is 5. The third-order valence-electron chi connectivity index (χ3n) is 3.53. The van der Waals surface area contributed by atoms with Gasteiger partial charge in [-0.3, -0.25) is 9.59 Å². The quantitative estimate of drug-likeness (QED) is 0.607. The first-order valence-corrected chi connectivity index (χ1v) is 7.71. The lowest BCUT2D eigenvalue weighted by atomic mass is 10.2. The van der Waals surface area contributed by atoms with Crippen LogP contribution in [0.3, 0.4) is 0 Å². The summed E-state index contributed by atoms with van der Waals surface area (Å²) in [5.74, 6) is -0.676. The van der Waals surface area contributed by atoms with Gasteiger partial charge in [0.05, 0.1) is 17.4 Å². The lowest BCUT2D eigenvalue weighted by Crippen LogP contribution is -2.27. The molecule has 1 aromatic heterocycles. The number of anilines is 1. The Bertz CT molecular complexity index is 786. The van der Waals surface area contributed by atoms with Gasteiger partial charge in [0.1, 0.15) is 6.54 Å². The zero-order chi connectivity index (χ0) is 18.4. The molecule has 1 heterocycles. The Morgan fingerprint density at radius 3 is 2.72 bits per heavy atom. The highest BCUT2D eigenvalue weighted by atomic mass is 16.6. The SMILES string of the molecule is CCN(Cc1cccc(NC(=O)Cn2ccc([N+](=O)[O-])n2)c1)C(C)=O. The van der Waals surface area contributed by atoms with Gasteiger partial charge in [0.15, 0.2) is 0 Å². The van der Waals surface area contributed by atoms with Gasteiger partial charge in [-0.1, -0.05) is 12.1 Å². The maximum absolute atomic E-state index is 12.1. The molecule has 0 radical (unpaired) electrons. The summed E-state index contributed by atoms with van der Waals surface area (Å²) in [6.45, 7) is 4.34. The van der Waals surface area contributed by atoms with Crippen molar-refractivity contribution in [1.82, 2.24) is 14.7 Å². The topological polar surface area (TPSA) is 110 Å². The summed E-state index contributed by atoms with van der Waals surface area (Å²) in [5, 5.41) is 17.0. The van der Waals surface area contributed by atoms with E-state index >= 15 is 0 Å². The Morgan fingerprint density at radius 2 is 2.12 bits per heavy atom. The van der Waals surface area contributed by atoms with Gasteiger partial charge >= 0.3 is 5.82 Å². The Labute approximate surface area is 144 Å². The van der Waals surface area contributed by atoms with E-state index in [1.807, 2.05) is 13.0 Å². The predicted octanol–water partition coefficient (Wildman–Crippen LogP) is 1.80. The summed E-state index contributed by atoms with van der Waals surface area (Å²) < 4.78 is 1.20. The minimum atomic E-state index is -0.619. The molecule has 25 heavy (non-hydrogen) atoms. The van der Waals surface area contributed by atoms with Gasteiger partial charge in [-0.15, -0.1) is 0 Å². The molecule has 2 aromatic rings. The number of aromatic nitrogens is 2. The standard InChI is InChI=1S/C16H19N5O4/c1-3-19(12(2)22)10-13-5-4-6-14(9-13)17-16(23)11-20-8-7-15(18-20)21(24)25/h4-9H,3,10-11H2,1-2H3,(H,17,23). The van der Waals surface area contributed by atoms with Crippen molar-refractivity contribution in [1.29, 1.82) is 0 Å². The van der Waals surface area contributed by atoms with Crippen molar-refractivity contribution in [3.63, 3.8) is 0 Å². The van der Waals surface area contributed by atoms with Crippen LogP contribution in [0.1, 0.15) is 19.4 Å². The summed E-state index contributed by atoms with van der Waals surface area (Å²) in [6.07, 6.45) is 1.38. The lowest BCUT2D eigenvalue weighted by Gasteiger charge is -2.19. The first kappa shape index (κ1) is 18.1. The maximum atomic E-state index is 12.1. The monoisotopic (exact) mass is 345 g/mol. The molecule has 0 aliphatic heterocycles. The predicted molar refractivity (Wildman–Crippen MR) is 90.7 cm³/mol. The van der Waals surface area contributed by atoms with Crippen molar-refractivity contribution >= 4 is 23.3 Å². The zero-order valence-corrected chi connectivity index (χ0v) is 14.0. The molecule has 2 amide bonds. The van der Waals surface area contributed by atoms with Crippen LogP contribution in [-0.4, -0.2) is 38.0 Å². The summed E-state index contributed by atoms with van der Waals surface area (Å²) in [5.41, 5.74) is 1.48. The minimum absolute atomic E-state index is 0.0165. The molecule has 0 fully saturated rings. The molecule has 9 heteroatoms. The van der Waals surface area contributed by atoms with Crippen LogP contribution in [0.2, 0.25) is 0 Å². The molecule has 1 aromatic carbocycles. The average Bonchev–Trinajstić information content (AvgIpc) is 3.01. The van der Waals surface area contributed by atoms with Crippen molar-refractivity contribution in [3.8, 4) is 0 Å². The molecule has 0 saturated heterocycles. The van der Waals surface area contributed by atoms with E-state index in [2.05, 4.69) is 10.4 Å². The van der Waals surface area contributed by atoms with E-state index in [9.17, 15) is 19.7 Å². The van der Waals surface area contributed by atoms with E-state index in [1.165, 1.54) is 23.9 Å². The summed E-state index contributed by atoms with van der Waals surface area (Å²) in [4.78, 5) is 35.2. The van der Waals surface area contributed by atoms with Gasteiger partial charge < -0.3 is 20.3 Å². The fourth-order valence-electron chi connectivity index (χ4n) is 2.30.